The summed E-state index contributed by atoms with van der Waals surface area (Å²) in [7, 11) is 1.66. The maximum absolute atomic E-state index is 5.36. The minimum Gasteiger partial charge on any atom is -0.497 e. The zero-order valence-electron chi connectivity index (χ0n) is 10.1. The van der Waals surface area contributed by atoms with Gasteiger partial charge in [0.05, 0.1) is 18.1 Å². The summed E-state index contributed by atoms with van der Waals surface area (Å²) in [5, 5.41) is 0. The van der Waals surface area contributed by atoms with Gasteiger partial charge in [-0.3, -0.25) is 0 Å². The Morgan fingerprint density at radius 2 is 2.35 bits per heavy atom. The van der Waals surface area contributed by atoms with Gasteiger partial charge in [-0.05, 0) is 37.7 Å². The van der Waals surface area contributed by atoms with Gasteiger partial charge in [0.2, 0.25) is 0 Å². The number of fused-ring (bicyclic) bond motifs is 1. The summed E-state index contributed by atoms with van der Waals surface area (Å²) >= 11 is 5.36. The zero-order chi connectivity index (χ0) is 12.4. The highest BCUT2D eigenvalue weighted by Crippen LogP contribution is 2.24. The highest BCUT2D eigenvalue weighted by molar-refractivity contribution is 7.71. The van der Waals surface area contributed by atoms with Gasteiger partial charge < -0.3 is 14.3 Å². The molecular formula is C13H16N2OS. The van der Waals surface area contributed by atoms with E-state index in [0.717, 1.165) is 28.0 Å². The van der Waals surface area contributed by atoms with Gasteiger partial charge in [-0.15, -0.1) is 6.58 Å². The largest absolute Gasteiger partial charge is 0.497 e. The molecule has 4 heteroatoms. The molecule has 2 aromatic rings. The molecule has 90 valence electrons. The van der Waals surface area contributed by atoms with Gasteiger partial charge in [0, 0.05) is 12.1 Å². The Kier molecular flexibility index (Phi) is 3.33. The Morgan fingerprint density at radius 3 is 3.00 bits per heavy atom. The summed E-state index contributed by atoms with van der Waals surface area (Å²) in [5.41, 5.74) is 2.11. The van der Waals surface area contributed by atoms with Gasteiger partial charge in [0.25, 0.3) is 0 Å². The topological polar surface area (TPSA) is 29.9 Å². The van der Waals surface area contributed by atoms with Crippen molar-refractivity contribution in [2.24, 2.45) is 0 Å². The zero-order valence-corrected chi connectivity index (χ0v) is 10.9. The molecular weight excluding hydrogens is 232 g/mol. The van der Waals surface area contributed by atoms with Crippen LogP contribution in [0, 0.1) is 4.77 Å². The van der Waals surface area contributed by atoms with Crippen molar-refractivity contribution >= 4 is 23.3 Å². The van der Waals surface area contributed by atoms with Gasteiger partial charge in [-0.25, -0.2) is 0 Å². The third kappa shape index (κ3) is 2.13. The van der Waals surface area contributed by atoms with Crippen molar-refractivity contribution in [2.45, 2.75) is 19.4 Å². The molecule has 0 amide bonds. The fourth-order valence-electron chi connectivity index (χ4n) is 2.02. The van der Waals surface area contributed by atoms with Crippen LogP contribution in [0.4, 0.5) is 0 Å². The van der Waals surface area contributed by atoms with Crippen molar-refractivity contribution in [1.29, 1.82) is 0 Å². The Labute approximate surface area is 106 Å². The summed E-state index contributed by atoms with van der Waals surface area (Å²) < 4.78 is 8.06. The van der Waals surface area contributed by atoms with Crippen LogP contribution in [0.3, 0.4) is 0 Å². The summed E-state index contributed by atoms with van der Waals surface area (Å²) in [6.07, 6.45) is 2.81. The number of nitrogens with zero attached hydrogens (tertiary/aromatic N) is 1. The molecule has 0 saturated carbocycles. The van der Waals surface area contributed by atoms with Crippen molar-refractivity contribution in [2.75, 3.05) is 7.11 Å². The monoisotopic (exact) mass is 248 g/mol. The number of rotatable bonds is 4. The van der Waals surface area contributed by atoms with Gasteiger partial charge in [-0.1, -0.05) is 6.08 Å². The quantitative estimate of drug-likeness (QED) is 0.658. The van der Waals surface area contributed by atoms with Gasteiger partial charge >= 0.3 is 0 Å². The lowest BCUT2D eigenvalue weighted by Crippen LogP contribution is -2.03. The third-order valence-corrected chi connectivity index (χ3v) is 3.17. The van der Waals surface area contributed by atoms with E-state index in [4.69, 9.17) is 17.0 Å². The SMILES string of the molecule is C=CCC(C)n1c(=S)[nH]c2cc(OC)ccc21. The first-order chi connectivity index (χ1) is 8.17. The van der Waals surface area contributed by atoms with Crippen LogP contribution in [0.1, 0.15) is 19.4 Å². The van der Waals surface area contributed by atoms with E-state index >= 15 is 0 Å². The van der Waals surface area contributed by atoms with E-state index in [1.165, 1.54) is 0 Å². The standard InChI is InChI=1S/C13H16N2OS/c1-4-5-9(2)15-12-7-6-10(16-3)8-11(12)14-13(15)17/h4,6-9H,1,5H2,2-3H3,(H,14,17). The number of imidazole rings is 1. The normalized spacial score (nSPS) is 12.6. The third-order valence-electron chi connectivity index (χ3n) is 2.87. The maximum Gasteiger partial charge on any atom is 0.178 e. The van der Waals surface area contributed by atoms with Crippen LogP contribution in [0.15, 0.2) is 30.9 Å². The van der Waals surface area contributed by atoms with Crippen molar-refractivity contribution in [3.05, 3.63) is 35.6 Å². The number of nitrogens with one attached hydrogen (secondary N) is 1. The van der Waals surface area contributed by atoms with E-state index in [-0.39, 0.29) is 0 Å². The smallest absolute Gasteiger partial charge is 0.178 e. The van der Waals surface area contributed by atoms with Crippen LogP contribution in [-0.4, -0.2) is 16.7 Å². The molecule has 0 spiro atoms. The van der Waals surface area contributed by atoms with Crippen LogP contribution in [0.2, 0.25) is 0 Å². The average molecular weight is 248 g/mol. The van der Waals surface area contributed by atoms with E-state index in [0.29, 0.717) is 6.04 Å². The fourth-order valence-corrected chi connectivity index (χ4v) is 2.41. The summed E-state index contributed by atoms with van der Waals surface area (Å²) in [5.74, 6) is 0.831. The molecule has 1 N–H and O–H groups in total. The number of hydrogen-bond acceptors (Lipinski definition) is 2. The Morgan fingerprint density at radius 1 is 1.59 bits per heavy atom. The first kappa shape index (κ1) is 11.9. The van der Waals surface area contributed by atoms with Crippen molar-refractivity contribution in [3.8, 4) is 5.75 Å². The molecule has 1 unspecified atom stereocenters. The first-order valence-electron chi connectivity index (χ1n) is 5.56. The number of methoxy groups -OCH3 is 1. The molecule has 17 heavy (non-hydrogen) atoms. The van der Waals surface area contributed by atoms with E-state index in [9.17, 15) is 0 Å². The van der Waals surface area contributed by atoms with E-state index in [1.807, 2.05) is 24.3 Å². The number of hydrogen-bond donors (Lipinski definition) is 1. The molecule has 0 fully saturated rings. The predicted molar refractivity (Wildman–Crippen MR) is 73.2 cm³/mol. The molecule has 3 nitrogen and oxygen atoms in total. The second-order valence-corrected chi connectivity index (χ2v) is 4.44. The lowest BCUT2D eigenvalue weighted by molar-refractivity contribution is 0.415. The molecule has 1 aromatic heterocycles. The lowest BCUT2D eigenvalue weighted by atomic mass is 10.2. The molecule has 2 rings (SSSR count). The highest BCUT2D eigenvalue weighted by Gasteiger charge is 2.10. The summed E-state index contributed by atoms with van der Waals surface area (Å²) in [4.78, 5) is 3.20. The van der Waals surface area contributed by atoms with E-state index < -0.39 is 0 Å². The van der Waals surface area contributed by atoms with Crippen LogP contribution in [0.25, 0.3) is 11.0 Å². The second kappa shape index (κ2) is 4.75. The molecule has 1 aromatic carbocycles. The van der Waals surface area contributed by atoms with Gasteiger partial charge in [0.1, 0.15) is 5.75 Å². The summed E-state index contributed by atoms with van der Waals surface area (Å²) in [6.45, 7) is 5.90. The molecule has 0 saturated heterocycles. The molecule has 1 heterocycles. The Balaban J connectivity index is 2.60. The second-order valence-electron chi connectivity index (χ2n) is 4.06. The molecule has 0 radical (unpaired) electrons. The molecule has 1 atom stereocenters. The Bertz CT molecular complexity index is 597. The van der Waals surface area contributed by atoms with Crippen molar-refractivity contribution in [3.63, 3.8) is 0 Å². The van der Waals surface area contributed by atoms with Gasteiger partial charge in [-0.2, -0.15) is 0 Å². The minimum atomic E-state index is 0.308. The maximum atomic E-state index is 5.36. The number of aromatic amines is 1. The average Bonchev–Trinajstić information content (AvgIpc) is 2.64. The number of ether oxygens (including phenoxy) is 1. The lowest BCUT2D eigenvalue weighted by Gasteiger charge is -2.12. The Hall–Kier alpha value is -1.55. The molecule has 0 bridgehead atoms. The number of allylic oxidation sites excluding steroid dienone is 1. The van der Waals surface area contributed by atoms with Crippen LogP contribution >= 0.6 is 12.2 Å². The predicted octanol–water partition coefficient (Wildman–Crippen LogP) is 3.84. The first-order valence-corrected chi connectivity index (χ1v) is 5.97. The van der Waals surface area contributed by atoms with Gasteiger partial charge in [0.15, 0.2) is 4.77 Å². The fraction of sp³-hybridized carbons (Fsp3) is 0.308. The molecule has 0 aliphatic carbocycles. The molecule has 0 aliphatic heterocycles. The van der Waals surface area contributed by atoms with E-state index in [2.05, 4.69) is 23.1 Å². The van der Waals surface area contributed by atoms with Crippen LogP contribution < -0.4 is 4.74 Å². The van der Waals surface area contributed by atoms with Crippen LogP contribution in [0.5, 0.6) is 5.75 Å². The van der Waals surface area contributed by atoms with Crippen molar-refractivity contribution < 1.29 is 4.74 Å². The number of benzene rings is 1. The number of H-pyrrole nitrogens is 1. The van der Waals surface area contributed by atoms with Crippen molar-refractivity contribution in [1.82, 2.24) is 9.55 Å². The minimum absolute atomic E-state index is 0.308. The summed E-state index contributed by atoms with van der Waals surface area (Å²) in [6, 6.07) is 6.24. The molecule has 0 aliphatic rings. The number of aromatic nitrogens is 2. The van der Waals surface area contributed by atoms with Crippen LogP contribution in [-0.2, 0) is 0 Å². The highest BCUT2D eigenvalue weighted by atomic mass is 32.1. The van der Waals surface area contributed by atoms with E-state index in [1.54, 1.807) is 7.11 Å².